The molecule has 1 saturated carbocycles. The number of fused-ring (bicyclic) bond motifs is 1. The Morgan fingerprint density at radius 3 is 3.00 bits per heavy atom. The Hall–Kier alpha value is -1.07. The first-order valence-corrected chi connectivity index (χ1v) is 9.90. The summed E-state index contributed by atoms with van der Waals surface area (Å²) >= 11 is 1.91. The maximum Gasteiger partial charge on any atom is 0.191 e. The molecule has 0 amide bonds. The third-order valence-corrected chi connectivity index (χ3v) is 6.22. The van der Waals surface area contributed by atoms with Gasteiger partial charge in [0.25, 0.3) is 0 Å². The topological polar surface area (TPSA) is 39.7 Å². The van der Waals surface area contributed by atoms with Gasteiger partial charge in [-0.2, -0.15) is 0 Å². The number of nitrogens with one attached hydrogen (secondary N) is 2. The van der Waals surface area contributed by atoms with Crippen molar-refractivity contribution in [1.29, 1.82) is 0 Å². The fourth-order valence-electron chi connectivity index (χ4n) is 3.65. The highest BCUT2D eigenvalue weighted by molar-refractivity contribution is 7.10. The number of nitrogens with zero attached hydrogens (tertiary/aromatic N) is 2. The maximum absolute atomic E-state index is 4.40. The van der Waals surface area contributed by atoms with E-state index < -0.39 is 0 Å². The number of aliphatic imine (C=N–C) groups is 1. The van der Waals surface area contributed by atoms with Crippen molar-refractivity contribution in [2.75, 3.05) is 20.1 Å². The molecular weight excluding hydrogens is 304 g/mol. The minimum atomic E-state index is 0.521. The fraction of sp³-hybridized carbons (Fsp3) is 0.722. The molecule has 1 unspecified atom stereocenters. The molecule has 128 valence electrons. The Morgan fingerprint density at radius 2 is 2.22 bits per heavy atom. The van der Waals surface area contributed by atoms with Gasteiger partial charge in [-0.05, 0) is 43.2 Å². The Morgan fingerprint density at radius 1 is 1.39 bits per heavy atom. The van der Waals surface area contributed by atoms with Crippen LogP contribution in [0.25, 0.3) is 0 Å². The van der Waals surface area contributed by atoms with Gasteiger partial charge in [-0.1, -0.05) is 19.3 Å². The molecule has 1 aliphatic carbocycles. The first-order valence-electron chi connectivity index (χ1n) is 9.02. The summed E-state index contributed by atoms with van der Waals surface area (Å²) in [6, 6.07) is 3.41. The molecule has 0 radical (unpaired) electrons. The minimum Gasteiger partial charge on any atom is -0.355 e. The summed E-state index contributed by atoms with van der Waals surface area (Å²) in [5.41, 5.74) is 1.53. The van der Waals surface area contributed by atoms with E-state index in [1.165, 1.54) is 50.6 Å². The number of guanidine groups is 1. The van der Waals surface area contributed by atoms with Crippen molar-refractivity contribution in [1.82, 2.24) is 15.5 Å². The smallest absolute Gasteiger partial charge is 0.191 e. The number of thiophene rings is 1. The van der Waals surface area contributed by atoms with Crippen molar-refractivity contribution in [2.24, 2.45) is 4.99 Å². The van der Waals surface area contributed by atoms with Crippen molar-refractivity contribution in [3.63, 3.8) is 0 Å². The third-order valence-electron chi connectivity index (χ3n) is 5.20. The first kappa shape index (κ1) is 16.8. The van der Waals surface area contributed by atoms with E-state index in [4.69, 9.17) is 0 Å². The van der Waals surface area contributed by atoms with Crippen LogP contribution >= 0.6 is 11.3 Å². The SMILES string of the molecule is CN=C(NCC(C)N1CCc2sccc2C1)NC1CCCCC1. The quantitative estimate of drug-likeness (QED) is 0.657. The molecule has 1 aromatic rings. The lowest BCUT2D eigenvalue weighted by atomic mass is 9.96. The molecule has 0 aromatic carbocycles. The standard InChI is InChI=1S/C18H30N4S/c1-14(22-10-8-17-15(13-22)9-11-23-17)12-20-18(19-2)21-16-6-4-3-5-7-16/h9,11,14,16H,3-8,10,12-13H2,1-2H3,(H2,19,20,21). The molecule has 4 nitrogen and oxygen atoms in total. The summed E-state index contributed by atoms with van der Waals surface area (Å²) in [5, 5.41) is 9.36. The first-order chi connectivity index (χ1) is 11.3. The average molecular weight is 335 g/mol. The Balaban J connectivity index is 1.45. The van der Waals surface area contributed by atoms with Crippen molar-refractivity contribution in [2.45, 2.75) is 64.1 Å². The second-order valence-electron chi connectivity index (χ2n) is 6.87. The number of hydrogen-bond donors (Lipinski definition) is 2. The molecule has 23 heavy (non-hydrogen) atoms. The normalized spacial score (nSPS) is 21.7. The van der Waals surface area contributed by atoms with Crippen LogP contribution in [-0.2, 0) is 13.0 Å². The van der Waals surface area contributed by atoms with Gasteiger partial charge < -0.3 is 10.6 Å². The molecule has 1 atom stereocenters. The lowest BCUT2D eigenvalue weighted by Crippen LogP contribution is -2.49. The van der Waals surface area contributed by atoms with Crippen molar-refractivity contribution in [3.8, 4) is 0 Å². The van der Waals surface area contributed by atoms with Gasteiger partial charge in [0.2, 0.25) is 0 Å². The third kappa shape index (κ3) is 4.48. The summed E-state index contributed by atoms with van der Waals surface area (Å²) in [4.78, 5) is 8.56. The number of rotatable bonds is 4. The molecule has 0 bridgehead atoms. The van der Waals surface area contributed by atoms with E-state index in [0.29, 0.717) is 12.1 Å². The summed E-state index contributed by atoms with van der Waals surface area (Å²) in [7, 11) is 1.88. The molecule has 5 heteroatoms. The van der Waals surface area contributed by atoms with Gasteiger partial charge in [-0.15, -0.1) is 11.3 Å². The molecule has 0 spiro atoms. The zero-order chi connectivity index (χ0) is 16.1. The van der Waals surface area contributed by atoms with Crippen LogP contribution in [0.1, 0.15) is 49.5 Å². The van der Waals surface area contributed by atoms with E-state index in [1.54, 1.807) is 4.88 Å². The molecule has 2 aliphatic rings. The van der Waals surface area contributed by atoms with Crippen LogP contribution in [-0.4, -0.2) is 43.1 Å². The predicted molar refractivity (Wildman–Crippen MR) is 99.3 cm³/mol. The van der Waals surface area contributed by atoms with Gasteiger partial charge in [0, 0.05) is 43.6 Å². The highest BCUT2D eigenvalue weighted by Gasteiger charge is 2.22. The molecule has 2 N–H and O–H groups in total. The zero-order valence-electron chi connectivity index (χ0n) is 14.5. The zero-order valence-corrected chi connectivity index (χ0v) is 15.3. The predicted octanol–water partition coefficient (Wildman–Crippen LogP) is 2.99. The molecule has 3 rings (SSSR count). The highest BCUT2D eigenvalue weighted by Crippen LogP contribution is 2.25. The average Bonchev–Trinajstić information content (AvgIpc) is 3.06. The summed E-state index contributed by atoms with van der Waals surface area (Å²) < 4.78 is 0. The van der Waals surface area contributed by atoms with E-state index in [0.717, 1.165) is 19.0 Å². The monoisotopic (exact) mass is 334 g/mol. The van der Waals surface area contributed by atoms with Gasteiger partial charge in [0.05, 0.1) is 0 Å². The van der Waals surface area contributed by atoms with Crippen LogP contribution < -0.4 is 10.6 Å². The summed E-state index contributed by atoms with van der Waals surface area (Å²) in [6.07, 6.45) is 7.85. The lowest BCUT2D eigenvalue weighted by molar-refractivity contribution is 0.192. The molecule has 1 aromatic heterocycles. The Bertz CT molecular complexity index is 519. The second kappa shape index (κ2) is 8.15. The minimum absolute atomic E-state index is 0.521. The van der Waals surface area contributed by atoms with E-state index in [1.807, 2.05) is 18.4 Å². The number of hydrogen-bond acceptors (Lipinski definition) is 3. The van der Waals surface area contributed by atoms with Crippen LogP contribution in [0, 0.1) is 0 Å². The van der Waals surface area contributed by atoms with Crippen LogP contribution in [0.15, 0.2) is 16.4 Å². The second-order valence-corrected chi connectivity index (χ2v) is 7.87. The lowest BCUT2D eigenvalue weighted by Gasteiger charge is -2.33. The fourth-order valence-corrected chi connectivity index (χ4v) is 4.54. The molecule has 2 heterocycles. The van der Waals surface area contributed by atoms with Gasteiger partial charge in [-0.3, -0.25) is 9.89 Å². The van der Waals surface area contributed by atoms with E-state index in [-0.39, 0.29) is 0 Å². The van der Waals surface area contributed by atoms with Crippen LogP contribution in [0.3, 0.4) is 0 Å². The van der Waals surface area contributed by atoms with E-state index in [9.17, 15) is 0 Å². The largest absolute Gasteiger partial charge is 0.355 e. The summed E-state index contributed by atoms with van der Waals surface area (Å²) in [6.45, 7) is 5.53. The molecular formula is C18H30N4S. The van der Waals surface area contributed by atoms with Crippen LogP contribution in [0.5, 0.6) is 0 Å². The van der Waals surface area contributed by atoms with Crippen molar-refractivity contribution in [3.05, 3.63) is 21.9 Å². The summed E-state index contributed by atoms with van der Waals surface area (Å²) in [5.74, 6) is 0.969. The Labute approximate surface area is 144 Å². The highest BCUT2D eigenvalue weighted by atomic mass is 32.1. The molecule has 1 aliphatic heterocycles. The molecule has 0 saturated heterocycles. The van der Waals surface area contributed by atoms with Crippen LogP contribution in [0.2, 0.25) is 0 Å². The van der Waals surface area contributed by atoms with Gasteiger partial charge in [-0.25, -0.2) is 0 Å². The molecule has 1 fully saturated rings. The van der Waals surface area contributed by atoms with Crippen LogP contribution in [0.4, 0.5) is 0 Å². The maximum atomic E-state index is 4.40. The van der Waals surface area contributed by atoms with Gasteiger partial charge in [0.1, 0.15) is 0 Å². The van der Waals surface area contributed by atoms with Crippen molar-refractivity contribution >= 4 is 17.3 Å². The van der Waals surface area contributed by atoms with Crippen molar-refractivity contribution < 1.29 is 0 Å². The van der Waals surface area contributed by atoms with Gasteiger partial charge >= 0.3 is 0 Å². The van der Waals surface area contributed by atoms with E-state index in [2.05, 4.69) is 38.9 Å². The Kier molecular flexibility index (Phi) is 5.95. The van der Waals surface area contributed by atoms with Gasteiger partial charge in [0.15, 0.2) is 5.96 Å². The van der Waals surface area contributed by atoms with E-state index >= 15 is 0 Å².